The molecule has 1 aliphatic rings. The monoisotopic (exact) mass is 268 g/mol. The highest BCUT2D eigenvalue weighted by molar-refractivity contribution is 8.00. The first kappa shape index (κ1) is 12.9. The quantitative estimate of drug-likeness (QED) is 0.651. The van der Waals surface area contributed by atoms with Crippen LogP contribution in [0.2, 0.25) is 0 Å². The molecule has 2 unspecified atom stereocenters. The van der Waals surface area contributed by atoms with E-state index in [0.717, 1.165) is 18.9 Å². The van der Waals surface area contributed by atoms with Crippen molar-refractivity contribution < 1.29 is 4.92 Å². The number of pyridine rings is 1. The normalized spacial score (nSPS) is 24.0. The number of nitrogens with two attached hydrogens (primary N) is 1. The fourth-order valence-corrected chi connectivity index (χ4v) is 3.48. The van der Waals surface area contributed by atoms with E-state index >= 15 is 0 Å². The average Bonchev–Trinajstić information content (AvgIpc) is 2.26. The molecule has 0 radical (unpaired) electrons. The summed E-state index contributed by atoms with van der Waals surface area (Å²) in [7, 11) is 0. The highest BCUT2D eigenvalue weighted by Gasteiger charge is 2.24. The number of rotatable bonds is 2. The van der Waals surface area contributed by atoms with Crippen molar-refractivity contribution in [3.8, 4) is 0 Å². The second kappa shape index (κ2) is 5.01. The van der Waals surface area contributed by atoms with E-state index in [4.69, 9.17) is 5.73 Å². The molecule has 2 heterocycles. The first-order chi connectivity index (χ1) is 8.47. The maximum Gasteiger partial charge on any atom is 0.311 e. The van der Waals surface area contributed by atoms with E-state index in [1.54, 1.807) is 6.07 Å². The molecular weight excluding hydrogens is 252 g/mol. The molecular formula is C11H16N4O2S. The van der Waals surface area contributed by atoms with Crippen molar-refractivity contribution in [3.63, 3.8) is 0 Å². The second-order valence-corrected chi connectivity index (χ2v) is 6.37. The van der Waals surface area contributed by atoms with E-state index in [1.165, 1.54) is 6.07 Å². The molecule has 0 spiro atoms. The topological polar surface area (TPSA) is 85.3 Å². The van der Waals surface area contributed by atoms with E-state index in [-0.39, 0.29) is 11.5 Å². The lowest BCUT2D eigenvalue weighted by molar-refractivity contribution is -0.384. The Kier molecular flexibility index (Phi) is 3.60. The van der Waals surface area contributed by atoms with Crippen LogP contribution >= 0.6 is 11.8 Å². The molecule has 1 aromatic heterocycles. The Morgan fingerprint density at radius 2 is 2.06 bits per heavy atom. The van der Waals surface area contributed by atoms with E-state index in [9.17, 15) is 10.1 Å². The molecule has 7 heteroatoms. The number of aromatic nitrogens is 1. The lowest BCUT2D eigenvalue weighted by Gasteiger charge is -2.35. The SMILES string of the molecule is CC1CN(c2ccc([N+](=O)[O-])c(N)n2)CC(C)S1. The molecule has 18 heavy (non-hydrogen) atoms. The van der Waals surface area contributed by atoms with Gasteiger partial charge in [0.15, 0.2) is 0 Å². The van der Waals surface area contributed by atoms with E-state index < -0.39 is 4.92 Å². The maximum atomic E-state index is 10.7. The largest absolute Gasteiger partial charge is 0.378 e. The summed E-state index contributed by atoms with van der Waals surface area (Å²) in [5, 5.41) is 11.7. The fourth-order valence-electron chi connectivity index (χ4n) is 2.15. The molecule has 0 bridgehead atoms. The van der Waals surface area contributed by atoms with Crippen molar-refractivity contribution >= 4 is 29.1 Å². The van der Waals surface area contributed by atoms with Gasteiger partial charge in [0.05, 0.1) is 4.92 Å². The molecule has 0 aromatic carbocycles. The zero-order valence-electron chi connectivity index (χ0n) is 10.4. The first-order valence-electron chi connectivity index (χ1n) is 5.78. The molecule has 6 nitrogen and oxygen atoms in total. The Bertz CT molecular complexity index is 458. The highest BCUT2D eigenvalue weighted by atomic mass is 32.2. The minimum absolute atomic E-state index is 0.0176. The summed E-state index contributed by atoms with van der Waals surface area (Å²) >= 11 is 1.94. The third kappa shape index (κ3) is 2.66. The van der Waals surface area contributed by atoms with Gasteiger partial charge in [-0.2, -0.15) is 11.8 Å². The van der Waals surface area contributed by atoms with Gasteiger partial charge in [-0.1, -0.05) is 13.8 Å². The molecule has 1 fully saturated rings. The Hall–Kier alpha value is -1.50. The number of nitrogen functional groups attached to an aromatic ring is 1. The van der Waals surface area contributed by atoms with Crippen LogP contribution in [0.25, 0.3) is 0 Å². The zero-order valence-corrected chi connectivity index (χ0v) is 11.2. The van der Waals surface area contributed by atoms with Crippen LogP contribution in [0.4, 0.5) is 17.3 Å². The summed E-state index contributed by atoms with van der Waals surface area (Å²) in [6, 6.07) is 3.10. The van der Waals surface area contributed by atoms with E-state index in [1.807, 2.05) is 11.8 Å². The third-order valence-corrected chi connectivity index (χ3v) is 4.06. The lowest BCUT2D eigenvalue weighted by Crippen LogP contribution is -2.40. The number of hydrogen-bond donors (Lipinski definition) is 1. The average molecular weight is 268 g/mol. The molecule has 2 N–H and O–H groups in total. The highest BCUT2D eigenvalue weighted by Crippen LogP contribution is 2.29. The first-order valence-corrected chi connectivity index (χ1v) is 6.73. The zero-order chi connectivity index (χ0) is 13.3. The predicted molar refractivity (Wildman–Crippen MR) is 74.0 cm³/mol. The standard InChI is InChI=1S/C11H16N4O2S/c1-7-5-14(6-8(2)18-7)10-4-3-9(15(16)17)11(12)13-10/h3-4,7-8H,5-6H2,1-2H3,(H2,12,13). The van der Waals surface area contributed by atoms with Crippen LogP contribution in [0.1, 0.15) is 13.8 Å². The van der Waals surface area contributed by atoms with Gasteiger partial charge in [0, 0.05) is 29.7 Å². The van der Waals surface area contributed by atoms with E-state index in [2.05, 4.69) is 23.7 Å². The summed E-state index contributed by atoms with van der Waals surface area (Å²) in [5.74, 6) is 0.702. The van der Waals surface area contributed by atoms with Crippen molar-refractivity contribution in [2.75, 3.05) is 23.7 Å². The maximum absolute atomic E-state index is 10.7. The van der Waals surface area contributed by atoms with Gasteiger partial charge in [-0.25, -0.2) is 4.98 Å². The smallest absolute Gasteiger partial charge is 0.311 e. The summed E-state index contributed by atoms with van der Waals surface area (Å²) in [5.41, 5.74) is 5.48. The van der Waals surface area contributed by atoms with Crippen molar-refractivity contribution in [3.05, 3.63) is 22.2 Å². The number of hydrogen-bond acceptors (Lipinski definition) is 6. The lowest BCUT2D eigenvalue weighted by atomic mass is 10.3. The van der Waals surface area contributed by atoms with Crippen LogP contribution in [0.3, 0.4) is 0 Å². The Labute approximate surface area is 110 Å². The fraction of sp³-hybridized carbons (Fsp3) is 0.545. The van der Waals surface area contributed by atoms with Crippen LogP contribution in [-0.4, -0.2) is 33.5 Å². The predicted octanol–water partition coefficient (Wildman–Crippen LogP) is 1.90. The van der Waals surface area contributed by atoms with Gasteiger partial charge in [0.1, 0.15) is 5.82 Å². The third-order valence-electron chi connectivity index (χ3n) is 2.83. The van der Waals surface area contributed by atoms with Crippen LogP contribution in [0.5, 0.6) is 0 Å². The number of anilines is 2. The Morgan fingerprint density at radius 3 is 2.56 bits per heavy atom. The van der Waals surface area contributed by atoms with Gasteiger partial charge >= 0.3 is 5.69 Å². The van der Waals surface area contributed by atoms with Gasteiger partial charge < -0.3 is 10.6 Å². The van der Waals surface area contributed by atoms with Crippen molar-refractivity contribution in [2.24, 2.45) is 0 Å². The van der Waals surface area contributed by atoms with Gasteiger partial charge in [-0.05, 0) is 6.07 Å². The van der Waals surface area contributed by atoms with Crippen molar-refractivity contribution in [2.45, 2.75) is 24.3 Å². The number of thioether (sulfide) groups is 1. The summed E-state index contributed by atoms with van der Waals surface area (Å²) in [6.45, 7) is 6.11. The molecule has 1 aliphatic heterocycles. The van der Waals surface area contributed by atoms with Gasteiger partial charge in [0.2, 0.25) is 5.82 Å². The summed E-state index contributed by atoms with van der Waals surface area (Å²) in [4.78, 5) is 16.4. The molecule has 1 saturated heterocycles. The molecule has 2 atom stereocenters. The van der Waals surface area contributed by atoms with Crippen LogP contribution < -0.4 is 10.6 Å². The van der Waals surface area contributed by atoms with Gasteiger partial charge in [-0.3, -0.25) is 10.1 Å². The summed E-state index contributed by atoms with van der Waals surface area (Å²) < 4.78 is 0. The summed E-state index contributed by atoms with van der Waals surface area (Å²) in [6.07, 6.45) is 0. The van der Waals surface area contributed by atoms with Crippen molar-refractivity contribution in [1.29, 1.82) is 0 Å². The minimum atomic E-state index is -0.510. The van der Waals surface area contributed by atoms with Gasteiger partial charge in [-0.15, -0.1) is 0 Å². The Balaban J connectivity index is 2.23. The molecule has 98 valence electrons. The van der Waals surface area contributed by atoms with Crippen molar-refractivity contribution in [1.82, 2.24) is 4.98 Å². The van der Waals surface area contributed by atoms with Crippen LogP contribution in [-0.2, 0) is 0 Å². The Morgan fingerprint density at radius 1 is 1.44 bits per heavy atom. The van der Waals surface area contributed by atoms with E-state index in [0.29, 0.717) is 10.5 Å². The minimum Gasteiger partial charge on any atom is -0.378 e. The number of nitro groups is 1. The molecule has 2 rings (SSSR count). The molecule has 1 aromatic rings. The number of nitrogens with zero attached hydrogens (tertiary/aromatic N) is 3. The van der Waals surface area contributed by atoms with Gasteiger partial charge in [0.25, 0.3) is 0 Å². The van der Waals surface area contributed by atoms with Crippen LogP contribution in [0.15, 0.2) is 12.1 Å². The van der Waals surface area contributed by atoms with Crippen LogP contribution in [0, 0.1) is 10.1 Å². The molecule has 0 amide bonds. The molecule has 0 saturated carbocycles. The molecule has 0 aliphatic carbocycles. The second-order valence-electron chi connectivity index (χ2n) is 4.49.